The van der Waals surface area contributed by atoms with Gasteiger partial charge in [0.05, 0.1) is 13.0 Å². The van der Waals surface area contributed by atoms with Crippen molar-refractivity contribution in [3.8, 4) is 0 Å². The van der Waals surface area contributed by atoms with Gasteiger partial charge >= 0.3 is 5.97 Å². The molecule has 0 radical (unpaired) electrons. The van der Waals surface area contributed by atoms with Gasteiger partial charge in [-0.15, -0.1) is 0 Å². The number of Topliss-reactive ketones (excluding diaryl/α,β-unsaturated/α-hetero) is 1. The lowest BCUT2D eigenvalue weighted by molar-refractivity contribution is -0.140. The Morgan fingerprint density at radius 3 is 2.43 bits per heavy atom. The molecule has 0 amide bonds. The molecule has 0 aliphatic heterocycles. The van der Waals surface area contributed by atoms with Crippen LogP contribution in [0.3, 0.4) is 0 Å². The van der Waals surface area contributed by atoms with Gasteiger partial charge in [-0.25, -0.2) is 0 Å². The van der Waals surface area contributed by atoms with Gasteiger partial charge in [0.2, 0.25) is 0 Å². The number of carbonyl (C=O) groups is 2. The molecule has 1 rings (SSSR count). The maximum Gasteiger partial charge on any atom is 0.305 e. The molecular weight excluding hydrogens is 180 g/mol. The van der Waals surface area contributed by atoms with Gasteiger partial charge in [-0.05, 0) is 6.42 Å². The maximum absolute atomic E-state index is 11.5. The van der Waals surface area contributed by atoms with Gasteiger partial charge in [-0.2, -0.15) is 0 Å². The van der Waals surface area contributed by atoms with Crippen molar-refractivity contribution in [3.63, 3.8) is 0 Å². The lowest BCUT2D eigenvalue weighted by atomic mass is 10.0. The fourth-order valence-electron chi connectivity index (χ4n) is 1.32. The minimum Gasteiger partial charge on any atom is -0.469 e. The highest BCUT2D eigenvalue weighted by atomic mass is 16.5. The van der Waals surface area contributed by atoms with Gasteiger partial charge in [0.15, 0.2) is 0 Å². The average Bonchev–Trinajstić information content (AvgIpc) is 2.70. The van der Waals surface area contributed by atoms with E-state index < -0.39 is 0 Å². The van der Waals surface area contributed by atoms with Crippen molar-refractivity contribution in [3.05, 3.63) is 24.3 Å². The van der Waals surface area contributed by atoms with Crippen molar-refractivity contribution in [2.45, 2.75) is 19.3 Å². The Hall–Kier alpha value is -1.38. The lowest BCUT2D eigenvalue weighted by Gasteiger charge is -2.03. The van der Waals surface area contributed by atoms with Crippen LogP contribution in [0.1, 0.15) is 19.3 Å². The molecule has 0 aromatic rings. The van der Waals surface area contributed by atoms with E-state index in [0.717, 1.165) is 0 Å². The van der Waals surface area contributed by atoms with Crippen LogP contribution in [0, 0.1) is 5.92 Å². The van der Waals surface area contributed by atoms with Crippen LogP contribution in [0.5, 0.6) is 0 Å². The average molecular weight is 194 g/mol. The molecule has 0 unspecified atom stereocenters. The number of methoxy groups -OCH3 is 1. The topological polar surface area (TPSA) is 43.4 Å². The number of carbonyl (C=O) groups excluding carboxylic acids is 2. The number of hydrogen-bond acceptors (Lipinski definition) is 3. The first-order valence-corrected chi connectivity index (χ1v) is 4.68. The monoisotopic (exact) mass is 194 g/mol. The summed E-state index contributed by atoms with van der Waals surface area (Å²) in [5, 5.41) is 0. The molecule has 0 heterocycles. The lowest BCUT2D eigenvalue weighted by Crippen LogP contribution is -2.09. The van der Waals surface area contributed by atoms with Crippen LogP contribution in [-0.2, 0) is 14.3 Å². The third-order valence-electron chi connectivity index (χ3n) is 2.15. The number of esters is 1. The first kappa shape index (κ1) is 10.7. The molecule has 3 heteroatoms. The molecule has 0 fully saturated rings. The van der Waals surface area contributed by atoms with E-state index in [2.05, 4.69) is 4.74 Å². The first-order valence-electron chi connectivity index (χ1n) is 4.68. The zero-order valence-corrected chi connectivity index (χ0v) is 8.23. The minimum atomic E-state index is -0.254. The van der Waals surface area contributed by atoms with Crippen LogP contribution in [0.4, 0.5) is 0 Å². The van der Waals surface area contributed by atoms with E-state index in [9.17, 15) is 9.59 Å². The summed E-state index contributed by atoms with van der Waals surface area (Å²) in [7, 11) is 1.35. The number of rotatable bonds is 5. The predicted molar refractivity (Wildman–Crippen MR) is 52.6 cm³/mol. The van der Waals surface area contributed by atoms with Gasteiger partial charge in [-0.3, -0.25) is 9.59 Å². The Balaban J connectivity index is 2.18. The molecule has 3 nitrogen and oxygen atoms in total. The van der Waals surface area contributed by atoms with E-state index in [0.29, 0.717) is 19.3 Å². The number of hydrogen-bond donors (Lipinski definition) is 0. The van der Waals surface area contributed by atoms with E-state index in [1.165, 1.54) is 7.11 Å². The van der Waals surface area contributed by atoms with Crippen LogP contribution in [-0.4, -0.2) is 18.9 Å². The molecule has 0 spiro atoms. The SMILES string of the molecule is COC(=O)CCCC(=O)C1C=CC=C1. The molecule has 0 aromatic heterocycles. The normalized spacial score (nSPS) is 14.6. The number of allylic oxidation sites excluding steroid dienone is 4. The summed E-state index contributed by atoms with van der Waals surface area (Å²) in [6, 6.07) is 0. The smallest absolute Gasteiger partial charge is 0.305 e. The van der Waals surface area contributed by atoms with Crippen LogP contribution >= 0.6 is 0 Å². The highest BCUT2D eigenvalue weighted by molar-refractivity contribution is 5.85. The summed E-state index contributed by atoms with van der Waals surface area (Å²) < 4.78 is 4.48. The molecule has 0 saturated carbocycles. The molecule has 14 heavy (non-hydrogen) atoms. The Labute approximate surface area is 83.4 Å². The second kappa shape index (κ2) is 5.37. The highest BCUT2D eigenvalue weighted by Crippen LogP contribution is 2.13. The van der Waals surface area contributed by atoms with Crippen molar-refractivity contribution in [2.75, 3.05) is 7.11 Å². The molecule has 0 atom stereocenters. The van der Waals surface area contributed by atoms with Gasteiger partial charge in [0.1, 0.15) is 5.78 Å². The molecule has 0 bridgehead atoms. The fraction of sp³-hybridized carbons (Fsp3) is 0.455. The summed E-state index contributed by atoms with van der Waals surface area (Å²) >= 11 is 0. The predicted octanol–water partition coefficient (Wildman–Crippen LogP) is 1.64. The van der Waals surface area contributed by atoms with Gasteiger partial charge in [0.25, 0.3) is 0 Å². The van der Waals surface area contributed by atoms with Gasteiger partial charge in [0, 0.05) is 12.8 Å². The first-order chi connectivity index (χ1) is 6.74. The standard InChI is InChI=1S/C11H14O3/c1-14-11(13)8-4-7-10(12)9-5-2-3-6-9/h2-3,5-6,9H,4,7-8H2,1H3. The van der Waals surface area contributed by atoms with Crippen LogP contribution in [0.2, 0.25) is 0 Å². The summed E-state index contributed by atoms with van der Waals surface area (Å²) in [4.78, 5) is 22.2. The zero-order valence-electron chi connectivity index (χ0n) is 8.23. The molecule has 0 aromatic carbocycles. The summed E-state index contributed by atoms with van der Waals surface area (Å²) in [5.74, 6) is -0.165. The molecule has 76 valence electrons. The highest BCUT2D eigenvalue weighted by Gasteiger charge is 2.14. The van der Waals surface area contributed by atoms with E-state index in [1.807, 2.05) is 24.3 Å². The van der Waals surface area contributed by atoms with E-state index in [-0.39, 0.29) is 17.7 Å². The third kappa shape index (κ3) is 3.17. The van der Waals surface area contributed by atoms with E-state index in [1.54, 1.807) is 0 Å². The minimum absolute atomic E-state index is 0.0763. The van der Waals surface area contributed by atoms with Crippen LogP contribution < -0.4 is 0 Å². The Kier molecular flexibility index (Phi) is 4.11. The molecular formula is C11H14O3. The summed E-state index contributed by atoms with van der Waals surface area (Å²) in [6.45, 7) is 0. The van der Waals surface area contributed by atoms with E-state index in [4.69, 9.17) is 0 Å². The second-order valence-corrected chi connectivity index (χ2v) is 3.19. The third-order valence-corrected chi connectivity index (χ3v) is 2.15. The van der Waals surface area contributed by atoms with E-state index >= 15 is 0 Å². The Morgan fingerprint density at radius 1 is 1.21 bits per heavy atom. The number of ketones is 1. The number of ether oxygens (including phenoxy) is 1. The maximum atomic E-state index is 11.5. The van der Waals surface area contributed by atoms with Crippen molar-refractivity contribution in [1.29, 1.82) is 0 Å². The summed E-state index contributed by atoms with van der Waals surface area (Å²) in [6.07, 6.45) is 8.78. The molecule has 1 aliphatic carbocycles. The van der Waals surface area contributed by atoms with Crippen LogP contribution in [0.25, 0.3) is 0 Å². The zero-order chi connectivity index (χ0) is 10.4. The Morgan fingerprint density at radius 2 is 1.86 bits per heavy atom. The molecule has 0 saturated heterocycles. The van der Waals surface area contributed by atoms with Crippen molar-refractivity contribution in [2.24, 2.45) is 5.92 Å². The molecule has 0 N–H and O–H groups in total. The van der Waals surface area contributed by atoms with Crippen molar-refractivity contribution in [1.82, 2.24) is 0 Å². The van der Waals surface area contributed by atoms with Crippen molar-refractivity contribution < 1.29 is 14.3 Å². The van der Waals surface area contributed by atoms with Gasteiger partial charge < -0.3 is 4.74 Å². The molecule has 1 aliphatic rings. The second-order valence-electron chi connectivity index (χ2n) is 3.19. The quantitative estimate of drug-likeness (QED) is 0.625. The largest absolute Gasteiger partial charge is 0.469 e. The Bertz CT molecular complexity index is 264. The van der Waals surface area contributed by atoms with Gasteiger partial charge in [-0.1, -0.05) is 24.3 Å². The fourth-order valence-corrected chi connectivity index (χ4v) is 1.32. The van der Waals surface area contributed by atoms with Crippen molar-refractivity contribution >= 4 is 11.8 Å². The van der Waals surface area contributed by atoms with Crippen LogP contribution in [0.15, 0.2) is 24.3 Å². The summed E-state index contributed by atoms with van der Waals surface area (Å²) in [5.41, 5.74) is 0.